The number of amides is 1. The molecular weight excluding hydrogens is 262 g/mol. The van der Waals surface area contributed by atoms with Crippen LogP contribution in [0.15, 0.2) is 42.5 Å². The van der Waals surface area contributed by atoms with Crippen LogP contribution in [0.25, 0.3) is 0 Å². The van der Waals surface area contributed by atoms with Crippen LogP contribution in [0.5, 0.6) is 0 Å². The van der Waals surface area contributed by atoms with Gasteiger partial charge in [-0.05, 0) is 36.4 Å². The molecule has 0 fully saturated rings. The Morgan fingerprint density at radius 1 is 1.26 bits per heavy atom. The molecule has 2 rings (SSSR count). The molecule has 0 radical (unpaired) electrons. The van der Waals surface area contributed by atoms with Crippen LogP contribution in [0, 0.1) is 11.3 Å². The van der Waals surface area contributed by atoms with Crippen LogP contribution < -0.4 is 11.1 Å². The normalized spacial score (nSPS) is 9.68. The van der Waals surface area contributed by atoms with E-state index in [-0.39, 0.29) is 5.91 Å². The predicted octanol–water partition coefficient (Wildman–Crippen LogP) is 3.05. The second-order valence-corrected chi connectivity index (χ2v) is 4.32. The zero-order valence-corrected chi connectivity index (χ0v) is 10.6. The molecule has 0 aliphatic carbocycles. The number of halogens is 1. The number of nitrogen functional groups attached to an aromatic ring is 1. The molecule has 0 unspecified atom stereocenters. The van der Waals surface area contributed by atoms with E-state index < -0.39 is 0 Å². The number of rotatable bonds is 2. The van der Waals surface area contributed by atoms with Crippen LogP contribution in [0.2, 0.25) is 5.02 Å². The Balaban J connectivity index is 2.27. The van der Waals surface area contributed by atoms with Crippen molar-refractivity contribution in [1.82, 2.24) is 0 Å². The first-order valence-electron chi connectivity index (χ1n) is 5.46. The summed E-state index contributed by atoms with van der Waals surface area (Å²) in [6.07, 6.45) is 0. The highest BCUT2D eigenvalue weighted by molar-refractivity contribution is 6.31. The van der Waals surface area contributed by atoms with Gasteiger partial charge in [-0.25, -0.2) is 0 Å². The van der Waals surface area contributed by atoms with Crippen molar-refractivity contribution in [1.29, 1.82) is 5.26 Å². The maximum Gasteiger partial charge on any atom is 0.255 e. The van der Waals surface area contributed by atoms with Gasteiger partial charge in [0, 0.05) is 16.3 Å². The molecule has 2 aromatic carbocycles. The number of hydrogen-bond acceptors (Lipinski definition) is 3. The lowest BCUT2D eigenvalue weighted by atomic mass is 10.1. The molecule has 0 aromatic heterocycles. The Kier molecular flexibility index (Phi) is 3.69. The minimum Gasteiger partial charge on any atom is -0.399 e. The van der Waals surface area contributed by atoms with Crippen molar-refractivity contribution in [3.63, 3.8) is 0 Å². The topological polar surface area (TPSA) is 78.9 Å². The van der Waals surface area contributed by atoms with Gasteiger partial charge in [-0.2, -0.15) is 5.26 Å². The lowest BCUT2D eigenvalue weighted by molar-refractivity contribution is 0.102. The zero-order chi connectivity index (χ0) is 13.8. The maximum absolute atomic E-state index is 12.0. The lowest BCUT2D eigenvalue weighted by Crippen LogP contribution is -2.12. The van der Waals surface area contributed by atoms with E-state index in [0.29, 0.717) is 27.5 Å². The molecule has 0 heterocycles. The minimum atomic E-state index is -0.330. The molecule has 0 aliphatic heterocycles. The highest BCUT2D eigenvalue weighted by Gasteiger charge is 2.09. The van der Waals surface area contributed by atoms with Gasteiger partial charge in [0.25, 0.3) is 5.91 Å². The van der Waals surface area contributed by atoms with Gasteiger partial charge in [-0.15, -0.1) is 0 Å². The van der Waals surface area contributed by atoms with Gasteiger partial charge < -0.3 is 11.1 Å². The summed E-state index contributed by atoms with van der Waals surface area (Å²) in [7, 11) is 0. The van der Waals surface area contributed by atoms with E-state index in [0.717, 1.165) is 0 Å². The van der Waals surface area contributed by atoms with Crippen LogP contribution in [0.3, 0.4) is 0 Å². The summed E-state index contributed by atoms with van der Waals surface area (Å²) in [6.45, 7) is 0. The minimum absolute atomic E-state index is 0.315. The van der Waals surface area contributed by atoms with Crippen molar-refractivity contribution in [3.05, 3.63) is 58.6 Å². The van der Waals surface area contributed by atoms with Crippen molar-refractivity contribution in [2.75, 3.05) is 11.1 Å². The molecule has 2 aromatic rings. The number of nitriles is 1. The van der Waals surface area contributed by atoms with Gasteiger partial charge in [0.1, 0.15) is 6.07 Å². The predicted molar refractivity (Wildman–Crippen MR) is 75.0 cm³/mol. The summed E-state index contributed by atoms with van der Waals surface area (Å²) in [5.74, 6) is -0.330. The maximum atomic E-state index is 12.0. The van der Waals surface area contributed by atoms with Crippen molar-refractivity contribution >= 4 is 28.9 Å². The third-order valence-electron chi connectivity index (χ3n) is 2.50. The lowest BCUT2D eigenvalue weighted by Gasteiger charge is -2.07. The zero-order valence-electron chi connectivity index (χ0n) is 9.85. The van der Waals surface area contributed by atoms with Gasteiger partial charge in [0.2, 0.25) is 0 Å². The second kappa shape index (κ2) is 5.42. The summed E-state index contributed by atoms with van der Waals surface area (Å²) in [5, 5.41) is 12.1. The molecule has 3 N–H and O–H groups in total. The summed E-state index contributed by atoms with van der Waals surface area (Å²) in [5.41, 5.74) is 7.21. The number of nitrogens with two attached hydrogens (primary N) is 1. The summed E-state index contributed by atoms with van der Waals surface area (Å²) >= 11 is 5.82. The van der Waals surface area contributed by atoms with Gasteiger partial charge in [0.05, 0.1) is 11.3 Å². The fourth-order valence-electron chi connectivity index (χ4n) is 1.59. The third kappa shape index (κ3) is 3.03. The average molecular weight is 272 g/mol. The van der Waals surface area contributed by atoms with Crippen molar-refractivity contribution in [2.45, 2.75) is 0 Å². The Hall–Kier alpha value is -2.51. The molecular formula is C14H10ClN3O. The van der Waals surface area contributed by atoms with Crippen LogP contribution in [0.1, 0.15) is 15.9 Å². The monoisotopic (exact) mass is 271 g/mol. The van der Waals surface area contributed by atoms with Gasteiger partial charge in [0.15, 0.2) is 0 Å². The molecule has 4 nitrogen and oxygen atoms in total. The summed E-state index contributed by atoms with van der Waals surface area (Å²) in [6, 6.07) is 13.3. The highest BCUT2D eigenvalue weighted by Crippen LogP contribution is 2.19. The van der Waals surface area contributed by atoms with E-state index in [1.54, 1.807) is 36.4 Å². The molecule has 0 aliphatic rings. The largest absolute Gasteiger partial charge is 0.399 e. The summed E-state index contributed by atoms with van der Waals surface area (Å²) < 4.78 is 0. The van der Waals surface area contributed by atoms with Crippen LogP contribution in [0.4, 0.5) is 11.4 Å². The van der Waals surface area contributed by atoms with E-state index in [2.05, 4.69) is 5.32 Å². The van der Waals surface area contributed by atoms with E-state index in [1.807, 2.05) is 6.07 Å². The summed E-state index contributed by atoms with van der Waals surface area (Å²) in [4.78, 5) is 12.0. The average Bonchev–Trinajstić information content (AvgIpc) is 2.40. The van der Waals surface area contributed by atoms with Crippen molar-refractivity contribution in [2.24, 2.45) is 0 Å². The molecule has 0 spiro atoms. The molecule has 0 saturated heterocycles. The molecule has 5 heteroatoms. The van der Waals surface area contributed by atoms with Crippen LogP contribution >= 0.6 is 11.6 Å². The van der Waals surface area contributed by atoms with Gasteiger partial charge in [-0.3, -0.25) is 4.79 Å². The first-order chi connectivity index (χ1) is 9.10. The van der Waals surface area contributed by atoms with Crippen molar-refractivity contribution < 1.29 is 4.79 Å². The molecule has 0 bridgehead atoms. The van der Waals surface area contributed by atoms with Crippen LogP contribution in [-0.2, 0) is 0 Å². The second-order valence-electron chi connectivity index (χ2n) is 3.88. The quantitative estimate of drug-likeness (QED) is 0.824. The third-order valence-corrected chi connectivity index (χ3v) is 2.73. The number of anilines is 2. The molecule has 1 amide bonds. The standard InChI is InChI=1S/C14H10ClN3O/c15-11-3-1-2-9(6-11)14(19)18-13-5-4-12(17)7-10(13)8-16/h1-7H,17H2,(H,18,19). The number of hydrogen-bond donors (Lipinski definition) is 2. The Morgan fingerprint density at radius 2 is 2.05 bits per heavy atom. The Bertz CT molecular complexity index is 677. The Morgan fingerprint density at radius 3 is 2.74 bits per heavy atom. The smallest absolute Gasteiger partial charge is 0.255 e. The molecule has 0 atom stereocenters. The first-order valence-corrected chi connectivity index (χ1v) is 5.84. The molecule has 94 valence electrons. The van der Waals surface area contributed by atoms with Crippen LogP contribution in [-0.4, -0.2) is 5.91 Å². The number of nitrogens with one attached hydrogen (secondary N) is 1. The SMILES string of the molecule is N#Cc1cc(N)ccc1NC(=O)c1cccc(Cl)c1. The number of benzene rings is 2. The Labute approximate surface area is 115 Å². The highest BCUT2D eigenvalue weighted by atomic mass is 35.5. The number of carbonyl (C=O) groups excluding carboxylic acids is 1. The molecule has 0 saturated carbocycles. The fourth-order valence-corrected chi connectivity index (χ4v) is 1.78. The van der Waals surface area contributed by atoms with Gasteiger partial charge >= 0.3 is 0 Å². The van der Waals surface area contributed by atoms with E-state index in [1.165, 1.54) is 6.07 Å². The van der Waals surface area contributed by atoms with E-state index in [4.69, 9.17) is 22.6 Å². The van der Waals surface area contributed by atoms with Gasteiger partial charge in [-0.1, -0.05) is 17.7 Å². The first kappa shape index (κ1) is 12.9. The number of carbonyl (C=O) groups is 1. The molecule has 19 heavy (non-hydrogen) atoms. The van der Waals surface area contributed by atoms with E-state index in [9.17, 15) is 4.79 Å². The van der Waals surface area contributed by atoms with E-state index >= 15 is 0 Å². The number of nitrogens with zero attached hydrogens (tertiary/aromatic N) is 1. The van der Waals surface area contributed by atoms with Crippen molar-refractivity contribution in [3.8, 4) is 6.07 Å². The fraction of sp³-hybridized carbons (Fsp3) is 0.